The average molecular weight is 517 g/mol. The van der Waals surface area contributed by atoms with E-state index in [0.29, 0.717) is 24.9 Å². The van der Waals surface area contributed by atoms with E-state index in [9.17, 15) is 4.79 Å². The van der Waals surface area contributed by atoms with Crippen LogP contribution in [0.1, 0.15) is 24.6 Å². The van der Waals surface area contributed by atoms with Gasteiger partial charge in [0.05, 0.1) is 32.0 Å². The van der Waals surface area contributed by atoms with Gasteiger partial charge in [-0.05, 0) is 55.8 Å². The molecule has 0 unspecified atom stereocenters. The molecule has 1 N–H and O–H groups in total. The van der Waals surface area contributed by atoms with Crippen molar-refractivity contribution in [1.29, 1.82) is 0 Å². The molecule has 0 radical (unpaired) electrons. The number of para-hydroxylation sites is 1. The largest absolute Gasteiger partial charge is 0.497 e. The molecule has 2 aromatic heterocycles. The lowest BCUT2D eigenvalue weighted by Gasteiger charge is -2.24. The first-order valence-corrected chi connectivity index (χ1v) is 13.5. The van der Waals surface area contributed by atoms with Crippen molar-refractivity contribution in [2.75, 3.05) is 20.3 Å². The zero-order chi connectivity index (χ0) is 25.6. The molecule has 0 spiro atoms. The molecule has 3 heterocycles. The number of nitrogens with zero attached hydrogens (tertiary/aromatic N) is 3. The summed E-state index contributed by atoms with van der Waals surface area (Å²) in [5.74, 6) is 1.75. The number of hydrogen-bond donors (Lipinski definition) is 1. The first-order valence-electron chi connectivity index (χ1n) is 12.6. The van der Waals surface area contributed by atoms with Crippen molar-refractivity contribution in [3.63, 3.8) is 0 Å². The summed E-state index contributed by atoms with van der Waals surface area (Å²) >= 11 is 1.81. The monoisotopic (exact) mass is 516 g/mol. The zero-order valence-electron chi connectivity index (χ0n) is 21.2. The van der Waals surface area contributed by atoms with Crippen LogP contribution < -0.4 is 14.8 Å². The number of carbonyl (C=O) groups is 1. The van der Waals surface area contributed by atoms with Crippen LogP contribution in [-0.2, 0) is 17.9 Å². The summed E-state index contributed by atoms with van der Waals surface area (Å²) in [5, 5.41) is 3.43. The fraction of sp³-hybridized carbons (Fsp3) is 0.310. The fourth-order valence-electron chi connectivity index (χ4n) is 4.76. The van der Waals surface area contributed by atoms with E-state index in [1.807, 2.05) is 84.0 Å². The summed E-state index contributed by atoms with van der Waals surface area (Å²) in [5.41, 5.74) is 2.81. The van der Waals surface area contributed by atoms with Crippen molar-refractivity contribution in [1.82, 2.24) is 19.6 Å². The Labute approximate surface area is 221 Å². The number of likely N-dealkylation sites (tertiary alicyclic amines) is 1. The highest BCUT2D eigenvalue weighted by molar-refractivity contribution is 8.00. The van der Waals surface area contributed by atoms with Gasteiger partial charge in [-0.15, -0.1) is 11.8 Å². The first-order chi connectivity index (χ1) is 18.1. The standard InChI is InChI=1S/C29H32N4O3S/c1-3-36-27-9-5-4-8-21(27)18-33-20-25(37-24-13-11-23(35-2)12-14-24)16-26(33)29(34)30-17-22-19-32-15-7-6-10-28(32)31-22/h4-15,19,25-26H,3,16-18,20H2,1-2H3,(H,30,34)/t25-,26+/m1/s1. The van der Waals surface area contributed by atoms with Crippen molar-refractivity contribution >= 4 is 23.3 Å². The Hall–Kier alpha value is -3.49. The number of amides is 1. The van der Waals surface area contributed by atoms with Gasteiger partial charge >= 0.3 is 0 Å². The van der Waals surface area contributed by atoms with E-state index in [4.69, 9.17) is 9.47 Å². The fourth-order valence-corrected chi connectivity index (χ4v) is 5.98. The van der Waals surface area contributed by atoms with Gasteiger partial charge in [-0.3, -0.25) is 9.69 Å². The molecule has 4 aromatic rings. The van der Waals surface area contributed by atoms with Crippen LogP contribution in [0.15, 0.2) is 84.0 Å². The number of carbonyl (C=O) groups excluding carboxylic acids is 1. The lowest BCUT2D eigenvalue weighted by molar-refractivity contribution is -0.125. The van der Waals surface area contributed by atoms with E-state index < -0.39 is 0 Å². The van der Waals surface area contributed by atoms with Crippen molar-refractivity contribution in [3.05, 3.63) is 90.4 Å². The van der Waals surface area contributed by atoms with Gasteiger partial charge in [0.2, 0.25) is 5.91 Å². The number of imidazole rings is 1. The van der Waals surface area contributed by atoms with Crippen LogP contribution in [0.25, 0.3) is 5.65 Å². The molecule has 2 aromatic carbocycles. The third-order valence-electron chi connectivity index (χ3n) is 6.53. The molecule has 192 valence electrons. The van der Waals surface area contributed by atoms with E-state index in [1.54, 1.807) is 7.11 Å². The smallest absolute Gasteiger partial charge is 0.237 e. The van der Waals surface area contributed by atoms with Crippen LogP contribution in [0.4, 0.5) is 0 Å². The van der Waals surface area contributed by atoms with Crippen LogP contribution >= 0.6 is 11.8 Å². The molecule has 0 aliphatic carbocycles. The molecule has 1 saturated heterocycles. The Morgan fingerprint density at radius 1 is 1.11 bits per heavy atom. The van der Waals surface area contributed by atoms with Gasteiger partial charge in [0, 0.05) is 41.2 Å². The van der Waals surface area contributed by atoms with Crippen molar-refractivity contribution in [2.45, 2.75) is 42.6 Å². The summed E-state index contributed by atoms with van der Waals surface area (Å²) in [4.78, 5) is 21.5. The second-order valence-corrected chi connectivity index (χ2v) is 10.4. The van der Waals surface area contributed by atoms with Crippen molar-refractivity contribution < 1.29 is 14.3 Å². The second-order valence-electron chi connectivity index (χ2n) is 9.05. The van der Waals surface area contributed by atoms with E-state index in [1.165, 1.54) is 4.90 Å². The number of ether oxygens (including phenoxy) is 2. The first kappa shape index (κ1) is 25.2. The molecule has 7 nitrogen and oxygen atoms in total. The molecule has 1 aliphatic heterocycles. The number of pyridine rings is 1. The number of nitrogens with one attached hydrogen (secondary N) is 1. The molecule has 8 heteroatoms. The molecule has 1 aliphatic rings. The van der Waals surface area contributed by atoms with Gasteiger partial charge in [0.15, 0.2) is 0 Å². The Morgan fingerprint density at radius 3 is 2.70 bits per heavy atom. The normalized spacial score (nSPS) is 17.7. The van der Waals surface area contributed by atoms with Gasteiger partial charge in [0.1, 0.15) is 17.1 Å². The number of fused-ring (bicyclic) bond motifs is 1. The average Bonchev–Trinajstić information content (AvgIpc) is 3.52. The highest BCUT2D eigenvalue weighted by Crippen LogP contribution is 2.35. The predicted octanol–water partition coefficient (Wildman–Crippen LogP) is 4.79. The number of hydrogen-bond acceptors (Lipinski definition) is 6. The van der Waals surface area contributed by atoms with Crippen LogP contribution in [0, 0.1) is 0 Å². The summed E-state index contributed by atoms with van der Waals surface area (Å²) in [6, 6.07) is 21.9. The predicted molar refractivity (Wildman–Crippen MR) is 146 cm³/mol. The molecule has 0 bridgehead atoms. The summed E-state index contributed by atoms with van der Waals surface area (Å²) in [7, 11) is 1.67. The highest BCUT2D eigenvalue weighted by Gasteiger charge is 2.37. The number of benzene rings is 2. The Bertz CT molecular complexity index is 1310. The lowest BCUT2D eigenvalue weighted by Crippen LogP contribution is -2.42. The van der Waals surface area contributed by atoms with Gasteiger partial charge < -0.3 is 19.2 Å². The number of methoxy groups -OCH3 is 1. The quantitative estimate of drug-likeness (QED) is 0.327. The third-order valence-corrected chi connectivity index (χ3v) is 7.75. The molecule has 0 saturated carbocycles. The van der Waals surface area contributed by atoms with Crippen LogP contribution in [-0.4, -0.2) is 51.7 Å². The molecule has 37 heavy (non-hydrogen) atoms. The van der Waals surface area contributed by atoms with Crippen LogP contribution in [0.3, 0.4) is 0 Å². The Balaban J connectivity index is 1.31. The maximum atomic E-state index is 13.5. The SMILES string of the molecule is CCOc1ccccc1CN1C[C@H](Sc2ccc(OC)cc2)C[C@H]1C(=O)NCc1cn2ccccc2n1. The minimum absolute atomic E-state index is 0.0313. The second kappa shape index (κ2) is 11.7. The molecular formula is C29H32N4O3S. The maximum absolute atomic E-state index is 13.5. The molecular weight excluding hydrogens is 484 g/mol. The minimum Gasteiger partial charge on any atom is -0.497 e. The van der Waals surface area contributed by atoms with Gasteiger partial charge in [-0.1, -0.05) is 24.3 Å². The maximum Gasteiger partial charge on any atom is 0.237 e. The molecule has 1 amide bonds. The van der Waals surface area contributed by atoms with Gasteiger partial charge in [0.25, 0.3) is 0 Å². The molecule has 1 fully saturated rings. The summed E-state index contributed by atoms with van der Waals surface area (Å²) in [6.07, 6.45) is 4.69. The summed E-state index contributed by atoms with van der Waals surface area (Å²) in [6.45, 7) is 4.46. The van der Waals surface area contributed by atoms with Crippen molar-refractivity contribution in [2.24, 2.45) is 0 Å². The van der Waals surface area contributed by atoms with Gasteiger partial charge in [-0.2, -0.15) is 0 Å². The van der Waals surface area contributed by atoms with Crippen LogP contribution in [0.5, 0.6) is 11.5 Å². The topological polar surface area (TPSA) is 68.1 Å². The highest BCUT2D eigenvalue weighted by atomic mass is 32.2. The number of thioether (sulfide) groups is 1. The van der Waals surface area contributed by atoms with E-state index in [2.05, 4.69) is 33.4 Å². The van der Waals surface area contributed by atoms with Crippen LogP contribution in [0.2, 0.25) is 0 Å². The number of aromatic nitrogens is 2. The Morgan fingerprint density at radius 2 is 1.92 bits per heavy atom. The summed E-state index contributed by atoms with van der Waals surface area (Å²) < 4.78 is 13.1. The zero-order valence-corrected chi connectivity index (χ0v) is 22.0. The van der Waals surface area contributed by atoms with Gasteiger partial charge in [-0.25, -0.2) is 4.98 Å². The minimum atomic E-state index is -0.234. The van der Waals surface area contributed by atoms with Crippen molar-refractivity contribution in [3.8, 4) is 11.5 Å². The molecule has 2 atom stereocenters. The molecule has 5 rings (SSSR count). The van der Waals surface area contributed by atoms with E-state index in [0.717, 1.165) is 41.4 Å². The lowest BCUT2D eigenvalue weighted by atomic mass is 10.1. The van der Waals surface area contributed by atoms with E-state index in [-0.39, 0.29) is 11.9 Å². The third kappa shape index (κ3) is 6.09. The Kier molecular flexibility index (Phi) is 7.96. The van der Waals surface area contributed by atoms with E-state index >= 15 is 0 Å². The number of rotatable bonds is 10.